The fourth-order valence-electron chi connectivity index (χ4n) is 5.38. The van der Waals surface area contributed by atoms with Crippen molar-refractivity contribution in [1.82, 2.24) is 5.32 Å². The van der Waals surface area contributed by atoms with Crippen molar-refractivity contribution in [1.29, 1.82) is 0 Å². The first-order valence-corrected chi connectivity index (χ1v) is 16.3. The Kier molecular flexibility index (Phi) is 13.2. The summed E-state index contributed by atoms with van der Waals surface area (Å²) < 4.78 is 17.6. The quantitative estimate of drug-likeness (QED) is 0.234. The van der Waals surface area contributed by atoms with E-state index in [-0.39, 0.29) is 17.6 Å². The van der Waals surface area contributed by atoms with Gasteiger partial charge >= 0.3 is 5.97 Å². The van der Waals surface area contributed by atoms with E-state index in [0.717, 1.165) is 34.4 Å². The van der Waals surface area contributed by atoms with E-state index in [1.54, 1.807) is 11.8 Å². The number of esters is 1. The molecule has 1 saturated carbocycles. The molecule has 0 heterocycles. The van der Waals surface area contributed by atoms with Gasteiger partial charge in [-0.3, -0.25) is 4.79 Å². The van der Waals surface area contributed by atoms with E-state index in [1.807, 2.05) is 49.6 Å². The summed E-state index contributed by atoms with van der Waals surface area (Å²) in [6.45, 7) is 9.28. The van der Waals surface area contributed by atoms with E-state index >= 15 is 0 Å². The monoisotopic (exact) mass is 583 g/mol. The molecule has 0 aliphatic heterocycles. The predicted molar refractivity (Wildman–Crippen MR) is 168 cm³/mol. The van der Waals surface area contributed by atoms with Gasteiger partial charge in [-0.1, -0.05) is 62.4 Å². The van der Waals surface area contributed by atoms with E-state index < -0.39 is 12.0 Å². The Hall–Kier alpha value is -2.35. The van der Waals surface area contributed by atoms with E-state index in [9.17, 15) is 9.59 Å². The summed E-state index contributed by atoms with van der Waals surface area (Å²) in [7, 11) is 1.35. The van der Waals surface area contributed by atoms with Gasteiger partial charge in [-0.15, -0.1) is 0 Å². The fraction of sp³-hybridized carbons (Fsp3) is 0.588. The topological polar surface area (TPSA) is 73.9 Å². The first kappa shape index (κ1) is 33.2. The number of amides is 1. The Labute approximate surface area is 251 Å². The van der Waals surface area contributed by atoms with E-state index in [1.165, 1.54) is 39.2 Å². The number of hydrogen-bond acceptors (Lipinski definition) is 6. The normalized spacial score (nSPS) is 15.8. The summed E-state index contributed by atoms with van der Waals surface area (Å²) in [6, 6.07) is 13.2. The van der Waals surface area contributed by atoms with Crippen molar-refractivity contribution in [3.63, 3.8) is 0 Å². The molecular formula is C34H49NO5S. The van der Waals surface area contributed by atoms with Gasteiger partial charge in [0, 0.05) is 5.56 Å². The maximum Gasteiger partial charge on any atom is 0.328 e. The summed E-state index contributed by atoms with van der Waals surface area (Å²) in [4.78, 5) is 25.9. The Morgan fingerprint density at radius 3 is 2.44 bits per heavy atom. The number of benzene rings is 2. The van der Waals surface area contributed by atoms with Crippen molar-refractivity contribution in [2.45, 2.75) is 97.0 Å². The molecule has 1 aliphatic carbocycles. The molecule has 2 aromatic rings. The summed E-state index contributed by atoms with van der Waals surface area (Å²) in [5.74, 6) is 0.694. The lowest BCUT2D eigenvalue weighted by molar-refractivity contribution is -0.142. The van der Waals surface area contributed by atoms with Gasteiger partial charge in [0.2, 0.25) is 0 Å². The Morgan fingerprint density at radius 1 is 1.05 bits per heavy atom. The van der Waals surface area contributed by atoms with Crippen molar-refractivity contribution in [2.75, 3.05) is 25.7 Å². The van der Waals surface area contributed by atoms with Crippen molar-refractivity contribution >= 4 is 23.6 Å². The van der Waals surface area contributed by atoms with Gasteiger partial charge in [-0.25, -0.2) is 4.79 Å². The molecule has 0 saturated heterocycles. The molecule has 7 heteroatoms. The molecule has 0 spiro atoms. The van der Waals surface area contributed by atoms with Crippen LogP contribution in [-0.4, -0.2) is 55.3 Å². The lowest BCUT2D eigenvalue weighted by Crippen LogP contribution is -2.42. The van der Waals surface area contributed by atoms with Crippen LogP contribution in [0.15, 0.2) is 42.5 Å². The number of thioether (sulfide) groups is 1. The maximum absolute atomic E-state index is 13.5. The van der Waals surface area contributed by atoms with Crippen LogP contribution in [-0.2, 0) is 25.6 Å². The highest BCUT2D eigenvalue weighted by Crippen LogP contribution is 2.31. The Balaban J connectivity index is 1.84. The lowest BCUT2D eigenvalue weighted by Gasteiger charge is -2.29. The van der Waals surface area contributed by atoms with Gasteiger partial charge in [0.1, 0.15) is 6.04 Å². The Morgan fingerprint density at radius 2 is 1.78 bits per heavy atom. The van der Waals surface area contributed by atoms with Crippen LogP contribution >= 0.6 is 11.8 Å². The van der Waals surface area contributed by atoms with Crippen LogP contribution in [0.25, 0.3) is 11.1 Å². The highest BCUT2D eigenvalue weighted by Gasteiger charge is 2.25. The second-order valence-electron chi connectivity index (χ2n) is 12.1. The molecule has 226 valence electrons. The summed E-state index contributed by atoms with van der Waals surface area (Å²) in [5, 5.41) is 2.92. The van der Waals surface area contributed by atoms with Crippen LogP contribution in [0.1, 0.15) is 87.2 Å². The minimum absolute atomic E-state index is 0.0134. The predicted octanol–water partition coefficient (Wildman–Crippen LogP) is 7.36. The summed E-state index contributed by atoms with van der Waals surface area (Å²) >= 11 is 1.63. The molecule has 1 N–H and O–H groups in total. The smallest absolute Gasteiger partial charge is 0.328 e. The number of rotatable bonds is 14. The average molecular weight is 584 g/mol. The number of carbonyl (C=O) groups excluding carboxylic acids is 2. The third-order valence-corrected chi connectivity index (χ3v) is 8.32. The van der Waals surface area contributed by atoms with Crippen LogP contribution < -0.4 is 5.32 Å². The Bertz CT molecular complexity index is 1120. The van der Waals surface area contributed by atoms with Gasteiger partial charge in [-0.05, 0) is 92.8 Å². The van der Waals surface area contributed by atoms with E-state index in [4.69, 9.17) is 14.2 Å². The highest BCUT2D eigenvalue weighted by molar-refractivity contribution is 7.98. The molecule has 1 unspecified atom stereocenters. The molecule has 0 aromatic heterocycles. The molecule has 1 aliphatic rings. The van der Waals surface area contributed by atoms with Gasteiger partial charge in [0.05, 0.1) is 32.0 Å². The van der Waals surface area contributed by atoms with Crippen LogP contribution in [0.2, 0.25) is 0 Å². The fourth-order valence-corrected chi connectivity index (χ4v) is 5.85. The number of methoxy groups -OCH3 is 1. The molecule has 1 amide bonds. The minimum Gasteiger partial charge on any atom is -0.467 e. The van der Waals surface area contributed by atoms with Crippen LogP contribution in [0.5, 0.6) is 0 Å². The largest absolute Gasteiger partial charge is 0.467 e. The third kappa shape index (κ3) is 10.8. The lowest BCUT2D eigenvalue weighted by atomic mass is 9.85. The zero-order valence-electron chi connectivity index (χ0n) is 25.8. The first-order chi connectivity index (χ1) is 19.6. The van der Waals surface area contributed by atoms with Gasteiger partial charge < -0.3 is 19.5 Å². The van der Waals surface area contributed by atoms with Gasteiger partial charge in [0.25, 0.3) is 5.91 Å². The number of ether oxygens (including phenoxy) is 3. The SMILES string of the molecule is COC(=O)[C@H](CCSC)NC(=O)c1ccc(COC(COC(C)(C)C)CC2CCCCC2)cc1-c1ccccc1C. The van der Waals surface area contributed by atoms with Crippen LogP contribution in [0, 0.1) is 12.8 Å². The van der Waals surface area contributed by atoms with Crippen molar-refractivity contribution in [3.8, 4) is 11.1 Å². The van der Waals surface area contributed by atoms with Crippen LogP contribution in [0.4, 0.5) is 0 Å². The maximum atomic E-state index is 13.5. The van der Waals surface area contributed by atoms with Gasteiger partial charge in [0.15, 0.2) is 0 Å². The number of carbonyl (C=O) groups is 2. The number of hydrogen-bond donors (Lipinski definition) is 1. The minimum atomic E-state index is -0.698. The zero-order chi connectivity index (χ0) is 29.8. The van der Waals surface area contributed by atoms with Crippen molar-refractivity contribution in [2.24, 2.45) is 5.92 Å². The molecule has 0 radical (unpaired) electrons. The molecular weight excluding hydrogens is 534 g/mol. The van der Waals surface area contributed by atoms with Gasteiger partial charge in [-0.2, -0.15) is 11.8 Å². The second-order valence-corrected chi connectivity index (χ2v) is 13.1. The number of aryl methyl sites for hydroxylation is 1. The van der Waals surface area contributed by atoms with Crippen molar-refractivity contribution in [3.05, 3.63) is 59.2 Å². The molecule has 0 bridgehead atoms. The van der Waals surface area contributed by atoms with Crippen LogP contribution in [0.3, 0.4) is 0 Å². The zero-order valence-corrected chi connectivity index (χ0v) is 26.6. The third-order valence-electron chi connectivity index (χ3n) is 7.67. The van der Waals surface area contributed by atoms with E-state index in [0.29, 0.717) is 31.1 Å². The molecule has 3 rings (SSSR count). The summed E-state index contributed by atoms with van der Waals surface area (Å²) in [5.41, 5.74) is 4.17. The summed E-state index contributed by atoms with van der Waals surface area (Å²) in [6.07, 6.45) is 9.96. The molecule has 41 heavy (non-hydrogen) atoms. The molecule has 2 aromatic carbocycles. The first-order valence-electron chi connectivity index (χ1n) is 14.9. The second kappa shape index (κ2) is 16.3. The molecule has 2 atom stereocenters. The average Bonchev–Trinajstić information content (AvgIpc) is 2.96. The van der Waals surface area contributed by atoms with Crippen molar-refractivity contribution < 1.29 is 23.8 Å². The van der Waals surface area contributed by atoms with E-state index in [2.05, 4.69) is 32.2 Å². The molecule has 1 fully saturated rings. The highest BCUT2D eigenvalue weighted by atomic mass is 32.2. The molecule has 6 nitrogen and oxygen atoms in total. The number of nitrogens with one attached hydrogen (secondary N) is 1. The standard InChI is InChI=1S/C34H49NO5S/c1-24-12-10-11-15-28(24)30-21-26(16-17-29(30)32(36)35-31(18-19-41-6)33(37)38-5)22-39-27(23-40-34(2,3)4)20-25-13-8-7-9-14-25/h10-12,15-17,21,25,27,31H,7-9,13-14,18-20,22-23H2,1-6H3,(H,35,36)/t27?,31-/m0/s1.